The predicted molar refractivity (Wildman–Crippen MR) is 86.0 cm³/mol. The number of nitrogens with zero attached hydrogens (tertiary/aromatic N) is 3. The zero-order valence-electron chi connectivity index (χ0n) is 13.5. The van der Waals surface area contributed by atoms with Crippen LogP contribution in [0, 0.1) is 17.2 Å². The average Bonchev–Trinajstić information content (AvgIpc) is 3.10. The number of furan rings is 1. The minimum Gasteiger partial charge on any atom is -0.468 e. The van der Waals surface area contributed by atoms with E-state index in [4.69, 9.17) is 14.4 Å². The number of ether oxygens (including phenoxy) is 1. The first-order valence-electron chi connectivity index (χ1n) is 8.10. The summed E-state index contributed by atoms with van der Waals surface area (Å²) in [6.07, 6.45) is 6.64. The minimum absolute atomic E-state index is 0.0445. The molecule has 6 heteroatoms. The van der Waals surface area contributed by atoms with Crippen molar-refractivity contribution < 1.29 is 13.9 Å². The quantitative estimate of drug-likeness (QED) is 0.570. The number of rotatable bonds is 7. The predicted octanol–water partition coefficient (Wildman–Crippen LogP) is 2.58. The molecule has 0 amide bonds. The van der Waals surface area contributed by atoms with Gasteiger partial charge in [0.25, 0.3) is 0 Å². The van der Waals surface area contributed by atoms with E-state index in [-0.39, 0.29) is 12.6 Å². The van der Waals surface area contributed by atoms with Crippen LogP contribution in [0.3, 0.4) is 0 Å². The Morgan fingerprint density at radius 2 is 2.30 bits per heavy atom. The summed E-state index contributed by atoms with van der Waals surface area (Å²) in [6, 6.07) is 5.77. The van der Waals surface area contributed by atoms with Gasteiger partial charge in [-0.1, -0.05) is 6.42 Å². The fourth-order valence-corrected chi connectivity index (χ4v) is 2.74. The Kier molecular flexibility index (Phi) is 6.82. The molecule has 2 atom stereocenters. The Hall–Kier alpha value is -2.13. The van der Waals surface area contributed by atoms with E-state index in [9.17, 15) is 4.79 Å². The standard InChI is InChI=1S/C17H23N3O3/c1-2-22-17(21)14(11-18)12-19-13-15(16-7-6-10-23-16)20-8-4-3-5-9-20/h6-7,10,12,14-15H,2-5,8-9,13H2,1H3/t14-,15-/m0/s1. The van der Waals surface area contributed by atoms with Crippen molar-refractivity contribution in [2.24, 2.45) is 10.9 Å². The van der Waals surface area contributed by atoms with E-state index >= 15 is 0 Å². The molecule has 124 valence electrons. The molecule has 0 bridgehead atoms. The van der Waals surface area contributed by atoms with Crippen molar-refractivity contribution in [3.63, 3.8) is 0 Å². The van der Waals surface area contributed by atoms with Crippen molar-refractivity contribution >= 4 is 12.2 Å². The Bertz CT molecular complexity index is 542. The fourth-order valence-electron chi connectivity index (χ4n) is 2.74. The summed E-state index contributed by atoms with van der Waals surface area (Å²) in [5.41, 5.74) is 0. The molecule has 0 unspecified atom stereocenters. The van der Waals surface area contributed by atoms with Gasteiger partial charge in [0.2, 0.25) is 0 Å². The van der Waals surface area contributed by atoms with Crippen LogP contribution in [0.25, 0.3) is 0 Å². The number of hydrogen-bond donors (Lipinski definition) is 0. The highest BCUT2D eigenvalue weighted by atomic mass is 16.5. The number of esters is 1. The first kappa shape index (κ1) is 17.2. The number of carbonyl (C=O) groups excluding carboxylic acids is 1. The second kappa shape index (κ2) is 9.11. The zero-order valence-corrected chi connectivity index (χ0v) is 13.5. The van der Waals surface area contributed by atoms with Crippen LogP contribution in [0.1, 0.15) is 38.0 Å². The van der Waals surface area contributed by atoms with Crippen LogP contribution >= 0.6 is 0 Å². The highest BCUT2D eigenvalue weighted by Gasteiger charge is 2.24. The summed E-state index contributed by atoms with van der Waals surface area (Å²) in [5, 5.41) is 9.05. The lowest BCUT2D eigenvalue weighted by atomic mass is 10.1. The van der Waals surface area contributed by atoms with E-state index in [0.717, 1.165) is 18.8 Å². The summed E-state index contributed by atoms with van der Waals surface area (Å²) in [4.78, 5) is 18.3. The third-order valence-corrected chi connectivity index (χ3v) is 3.92. The molecular weight excluding hydrogens is 294 g/mol. The molecule has 0 N–H and O–H groups in total. The van der Waals surface area contributed by atoms with Gasteiger partial charge in [0.15, 0.2) is 5.92 Å². The second-order valence-corrected chi connectivity index (χ2v) is 5.50. The van der Waals surface area contributed by atoms with Crippen molar-refractivity contribution in [1.82, 2.24) is 4.90 Å². The maximum Gasteiger partial charge on any atom is 0.328 e. The SMILES string of the molecule is CCOC(=O)[C@@H](C#N)C=NC[C@@H](c1ccco1)N1CCCCC1. The number of aliphatic imine (C=N–C) groups is 1. The smallest absolute Gasteiger partial charge is 0.328 e. The van der Waals surface area contributed by atoms with Gasteiger partial charge in [0.1, 0.15) is 5.76 Å². The molecule has 1 aliphatic rings. The van der Waals surface area contributed by atoms with Crippen LogP contribution in [0.4, 0.5) is 0 Å². The van der Waals surface area contributed by atoms with Crippen LogP contribution in [-0.4, -0.2) is 43.3 Å². The Morgan fingerprint density at radius 1 is 1.52 bits per heavy atom. The minimum atomic E-state index is -0.950. The Morgan fingerprint density at radius 3 is 2.91 bits per heavy atom. The van der Waals surface area contributed by atoms with Crippen molar-refractivity contribution in [3.8, 4) is 6.07 Å². The molecule has 0 saturated carbocycles. The van der Waals surface area contributed by atoms with Gasteiger partial charge in [-0.3, -0.25) is 14.7 Å². The molecule has 1 saturated heterocycles. The molecule has 1 aliphatic heterocycles. The summed E-state index contributed by atoms with van der Waals surface area (Å²) in [5.74, 6) is -0.631. The van der Waals surface area contributed by atoms with E-state index < -0.39 is 11.9 Å². The molecule has 6 nitrogen and oxygen atoms in total. The number of nitriles is 1. The van der Waals surface area contributed by atoms with Crippen LogP contribution in [0.5, 0.6) is 0 Å². The summed E-state index contributed by atoms with van der Waals surface area (Å²) >= 11 is 0. The molecule has 2 heterocycles. The normalized spacial score (nSPS) is 18.4. The largest absolute Gasteiger partial charge is 0.468 e. The van der Waals surface area contributed by atoms with E-state index in [0.29, 0.717) is 6.54 Å². The highest BCUT2D eigenvalue weighted by molar-refractivity contribution is 5.92. The molecular formula is C17H23N3O3. The fraction of sp³-hybridized carbons (Fsp3) is 0.588. The van der Waals surface area contributed by atoms with Crippen LogP contribution < -0.4 is 0 Å². The van der Waals surface area contributed by atoms with Gasteiger partial charge in [-0.2, -0.15) is 5.26 Å². The van der Waals surface area contributed by atoms with E-state index in [1.54, 1.807) is 13.2 Å². The van der Waals surface area contributed by atoms with Gasteiger partial charge < -0.3 is 9.15 Å². The molecule has 1 aromatic rings. The van der Waals surface area contributed by atoms with Crippen LogP contribution in [0.2, 0.25) is 0 Å². The van der Waals surface area contributed by atoms with Crippen molar-refractivity contribution in [1.29, 1.82) is 5.26 Å². The summed E-state index contributed by atoms with van der Waals surface area (Å²) in [6.45, 7) is 4.46. The van der Waals surface area contributed by atoms with Gasteiger partial charge in [-0.25, -0.2) is 0 Å². The Labute approximate surface area is 136 Å². The van der Waals surface area contributed by atoms with Gasteiger partial charge in [-0.05, 0) is 45.0 Å². The maximum absolute atomic E-state index is 11.6. The van der Waals surface area contributed by atoms with Gasteiger partial charge in [0, 0.05) is 6.21 Å². The maximum atomic E-state index is 11.6. The van der Waals surface area contributed by atoms with Crippen molar-refractivity contribution in [2.45, 2.75) is 32.2 Å². The van der Waals surface area contributed by atoms with Crippen molar-refractivity contribution in [3.05, 3.63) is 24.2 Å². The summed E-state index contributed by atoms with van der Waals surface area (Å²) < 4.78 is 10.4. The molecule has 1 fully saturated rings. The summed E-state index contributed by atoms with van der Waals surface area (Å²) in [7, 11) is 0. The lowest BCUT2D eigenvalue weighted by Crippen LogP contribution is -2.35. The number of piperidine rings is 1. The van der Waals surface area contributed by atoms with E-state index in [2.05, 4.69) is 9.89 Å². The number of hydrogen-bond acceptors (Lipinski definition) is 6. The topological polar surface area (TPSA) is 78.8 Å². The highest BCUT2D eigenvalue weighted by Crippen LogP contribution is 2.25. The third kappa shape index (κ3) is 4.93. The number of likely N-dealkylation sites (tertiary alicyclic amines) is 1. The third-order valence-electron chi connectivity index (χ3n) is 3.92. The molecule has 23 heavy (non-hydrogen) atoms. The average molecular weight is 317 g/mol. The molecule has 0 aliphatic carbocycles. The number of carbonyl (C=O) groups is 1. The Balaban J connectivity index is 2.01. The monoisotopic (exact) mass is 317 g/mol. The molecule has 0 radical (unpaired) electrons. The van der Waals surface area contributed by atoms with Gasteiger partial charge in [-0.15, -0.1) is 0 Å². The molecule has 0 spiro atoms. The van der Waals surface area contributed by atoms with Crippen molar-refractivity contribution in [2.75, 3.05) is 26.2 Å². The van der Waals surface area contributed by atoms with Crippen LogP contribution in [0.15, 0.2) is 27.8 Å². The van der Waals surface area contributed by atoms with Gasteiger partial charge in [0.05, 0.1) is 31.5 Å². The van der Waals surface area contributed by atoms with Crippen LogP contribution in [-0.2, 0) is 9.53 Å². The molecule has 2 rings (SSSR count). The lowest BCUT2D eigenvalue weighted by Gasteiger charge is -2.32. The zero-order chi connectivity index (χ0) is 16.5. The first-order chi connectivity index (χ1) is 11.3. The lowest BCUT2D eigenvalue weighted by molar-refractivity contribution is -0.143. The van der Waals surface area contributed by atoms with E-state index in [1.807, 2.05) is 18.2 Å². The van der Waals surface area contributed by atoms with Gasteiger partial charge >= 0.3 is 5.97 Å². The van der Waals surface area contributed by atoms with E-state index in [1.165, 1.54) is 25.5 Å². The second-order valence-electron chi connectivity index (χ2n) is 5.50. The first-order valence-corrected chi connectivity index (χ1v) is 8.10. The molecule has 0 aromatic carbocycles. The molecule has 1 aromatic heterocycles.